The number of benzene rings is 1. The summed E-state index contributed by atoms with van der Waals surface area (Å²) in [7, 11) is 0. The predicted octanol–water partition coefficient (Wildman–Crippen LogP) is 1.88. The Morgan fingerprint density at radius 2 is 2.00 bits per heavy atom. The Kier molecular flexibility index (Phi) is 4.26. The van der Waals surface area contributed by atoms with Crippen LogP contribution in [0.1, 0.15) is 13.8 Å². The van der Waals surface area contributed by atoms with Crippen LogP contribution >= 0.6 is 0 Å². The van der Waals surface area contributed by atoms with Gasteiger partial charge in [0.2, 0.25) is 0 Å². The van der Waals surface area contributed by atoms with Gasteiger partial charge in [-0.2, -0.15) is 0 Å². The maximum absolute atomic E-state index is 9.07. The summed E-state index contributed by atoms with van der Waals surface area (Å²) in [4.78, 5) is 0. The Morgan fingerprint density at radius 3 is 2.50 bits per heavy atom. The Morgan fingerprint density at radius 1 is 1.36 bits per heavy atom. The largest absolute Gasteiger partial charge is 0.494 e. The molecule has 0 unspecified atom stereocenters. The highest BCUT2D eigenvalue weighted by Crippen LogP contribution is 2.15. The number of aliphatic hydroxyl groups excluding tert-OH is 1. The highest BCUT2D eigenvalue weighted by molar-refractivity contribution is 5.46. The van der Waals surface area contributed by atoms with E-state index in [1.54, 1.807) is 6.92 Å². The summed E-state index contributed by atoms with van der Waals surface area (Å²) in [5, 5.41) is 12.2. The van der Waals surface area contributed by atoms with Crippen molar-refractivity contribution in [3.8, 4) is 5.75 Å². The third kappa shape index (κ3) is 3.66. The van der Waals surface area contributed by atoms with Gasteiger partial charge in [0, 0.05) is 12.2 Å². The second-order valence-corrected chi connectivity index (χ2v) is 3.19. The Balaban J connectivity index is 2.46. The fourth-order valence-electron chi connectivity index (χ4n) is 1.10. The summed E-state index contributed by atoms with van der Waals surface area (Å²) in [6.07, 6.45) is -0.332. The van der Waals surface area contributed by atoms with E-state index in [2.05, 4.69) is 5.32 Å². The van der Waals surface area contributed by atoms with Crippen molar-refractivity contribution in [3.63, 3.8) is 0 Å². The molecule has 0 amide bonds. The minimum absolute atomic E-state index is 0.332. The molecule has 1 aromatic carbocycles. The highest BCUT2D eigenvalue weighted by atomic mass is 16.5. The molecule has 0 aliphatic carbocycles. The van der Waals surface area contributed by atoms with E-state index in [0.29, 0.717) is 13.2 Å². The number of aliphatic hydroxyl groups is 1. The average molecular weight is 195 g/mol. The van der Waals surface area contributed by atoms with Gasteiger partial charge in [-0.1, -0.05) is 0 Å². The van der Waals surface area contributed by atoms with E-state index in [1.165, 1.54) is 0 Å². The maximum atomic E-state index is 9.07. The first-order valence-corrected chi connectivity index (χ1v) is 4.87. The van der Waals surface area contributed by atoms with Crippen LogP contribution in [0.2, 0.25) is 0 Å². The lowest BCUT2D eigenvalue weighted by Crippen LogP contribution is -2.15. The monoisotopic (exact) mass is 195 g/mol. The van der Waals surface area contributed by atoms with Crippen LogP contribution in [0.5, 0.6) is 5.75 Å². The zero-order chi connectivity index (χ0) is 10.4. The van der Waals surface area contributed by atoms with Crippen LogP contribution in [0.15, 0.2) is 24.3 Å². The normalized spacial score (nSPS) is 12.2. The van der Waals surface area contributed by atoms with Gasteiger partial charge < -0.3 is 15.2 Å². The first kappa shape index (κ1) is 10.9. The molecule has 0 radical (unpaired) electrons. The fraction of sp³-hybridized carbons (Fsp3) is 0.455. The Hall–Kier alpha value is -1.22. The van der Waals surface area contributed by atoms with Crippen molar-refractivity contribution in [1.82, 2.24) is 0 Å². The third-order valence-corrected chi connectivity index (χ3v) is 1.77. The summed E-state index contributed by atoms with van der Waals surface area (Å²) < 4.78 is 5.31. The molecular formula is C11H17NO2. The van der Waals surface area contributed by atoms with Crippen molar-refractivity contribution in [2.75, 3.05) is 18.5 Å². The van der Waals surface area contributed by atoms with Gasteiger partial charge in [-0.15, -0.1) is 0 Å². The second kappa shape index (κ2) is 5.50. The molecule has 0 saturated carbocycles. The number of anilines is 1. The number of nitrogens with one attached hydrogen (secondary N) is 1. The molecule has 3 nitrogen and oxygen atoms in total. The lowest BCUT2D eigenvalue weighted by atomic mass is 10.3. The minimum Gasteiger partial charge on any atom is -0.494 e. The van der Waals surface area contributed by atoms with E-state index in [1.807, 2.05) is 31.2 Å². The molecule has 0 heterocycles. The lowest BCUT2D eigenvalue weighted by Gasteiger charge is -2.09. The first-order valence-electron chi connectivity index (χ1n) is 4.87. The number of rotatable bonds is 5. The molecule has 78 valence electrons. The van der Waals surface area contributed by atoms with Crippen LogP contribution in [0.4, 0.5) is 5.69 Å². The molecule has 0 aliphatic rings. The summed E-state index contributed by atoms with van der Waals surface area (Å²) in [5.74, 6) is 0.870. The molecule has 1 aromatic rings. The topological polar surface area (TPSA) is 41.5 Å². The summed E-state index contributed by atoms with van der Waals surface area (Å²) in [6.45, 7) is 4.95. The minimum atomic E-state index is -0.332. The van der Waals surface area contributed by atoms with Gasteiger partial charge in [0.15, 0.2) is 0 Å². The lowest BCUT2D eigenvalue weighted by molar-refractivity contribution is 0.208. The maximum Gasteiger partial charge on any atom is 0.119 e. The van der Waals surface area contributed by atoms with E-state index in [-0.39, 0.29) is 6.10 Å². The van der Waals surface area contributed by atoms with Crippen LogP contribution in [0.3, 0.4) is 0 Å². The second-order valence-electron chi connectivity index (χ2n) is 3.19. The Bertz CT molecular complexity index is 256. The smallest absolute Gasteiger partial charge is 0.119 e. The van der Waals surface area contributed by atoms with Gasteiger partial charge in [-0.3, -0.25) is 0 Å². The molecule has 0 aromatic heterocycles. The standard InChI is InChI=1S/C11H17NO2/c1-3-14-11-6-4-10(5-7-11)12-8-9(2)13/h4-7,9,12-13H,3,8H2,1-2H3/t9-/m0/s1. The van der Waals surface area contributed by atoms with Gasteiger partial charge in [0.25, 0.3) is 0 Å². The van der Waals surface area contributed by atoms with Crippen molar-refractivity contribution < 1.29 is 9.84 Å². The van der Waals surface area contributed by atoms with Crippen LogP contribution < -0.4 is 10.1 Å². The third-order valence-electron chi connectivity index (χ3n) is 1.77. The Labute approximate surface area is 84.7 Å². The van der Waals surface area contributed by atoms with Crippen LogP contribution in [-0.4, -0.2) is 24.4 Å². The van der Waals surface area contributed by atoms with E-state index in [4.69, 9.17) is 9.84 Å². The molecule has 0 aliphatic heterocycles. The molecule has 3 heteroatoms. The summed E-state index contributed by atoms with van der Waals surface area (Å²) >= 11 is 0. The van der Waals surface area contributed by atoms with Crippen LogP contribution in [-0.2, 0) is 0 Å². The fourth-order valence-corrected chi connectivity index (χ4v) is 1.10. The van der Waals surface area contributed by atoms with Crippen molar-refractivity contribution in [1.29, 1.82) is 0 Å². The molecule has 0 bridgehead atoms. The van der Waals surface area contributed by atoms with Gasteiger partial charge in [-0.25, -0.2) is 0 Å². The molecule has 0 fully saturated rings. The molecule has 14 heavy (non-hydrogen) atoms. The molecule has 1 atom stereocenters. The molecule has 0 spiro atoms. The molecule has 0 saturated heterocycles. The summed E-state index contributed by atoms with van der Waals surface area (Å²) in [6, 6.07) is 7.70. The number of hydrogen-bond acceptors (Lipinski definition) is 3. The van der Waals surface area contributed by atoms with Gasteiger partial charge >= 0.3 is 0 Å². The van der Waals surface area contributed by atoms with E-state index in [9.17, 15) is 0 Å². The first-order chi connectivity index (χ1) is 6.72. The zero-order valence-corrected chi connectivity index (χ0v) is 8.66. The molecular weight excluding hydrogens is 178 g/mol. The van der Waals surface area contributed by atoms with E-state index >= 15 is 0 Å². The number of hydrogen-bond donors (Lipinski definition) is 2. The average Bonchev–Trinajstić information content (AvgIpc) is 2.17. The van der Waals surface area contributed by atoms with Gasteiger partial charge in [0.05, 0.1) is 12.7 Å². The predicted molar refractivity (Wildman–Crippen MR) is 57.8 cm³/mol. The van der Waals surface area contributed by atoms with E-state index in [0.717, 1.165) is 11.4 Å². The highest BCUT2D eigenvalue weighted by Gasteiger charge is 1.96. The van der Waals surface area contributed by atoms with Gasteiger partial charge in [-0.05, 0) is 38.1 Å². The van der Waals surface area contributed by atoms with Crippen molar-refractivity contribution in [2.45, 2.75) is 20.0 Å². The SMILES string of the molecule is CCOc1ccc(NC[C@H](C)O)cc1. The number of ether oxygens (including phenoxy) is 1. The van der Waals surface area contributed by atoms with E-state index < -0.39 is 0 Å². The summed E-state index contributed by atoms with van der Waals surface area (Å²) in [5.41, 5.74) is 0.995. The molecule has 1 rings (SSSR count). The quantitative estimate of drug-likeness (QED) is 0.753. The molecule has 2 N–H and O–H groups in total. The van der Waals surface area contributed by atoms with Crippen LogP contribution in [0, 0.1) is 0 Å². The van der Waals surface area contributed by atoms with Crippen LogP contribution in [0.25, 0.3) is 0 Å². The zero-order valence-electron chi connectivity index (χ0n) is 8.66. The van der Waals surface area contributed by atoms with Crippen molar-refractivity contribution in [2.24, 2.45) is 0 Å². The van der Waals surface area contributed by atoms with Gasteiger partial charge in [0.1, 0.15) is 5.75 Å². The van der Waals surface area contributed by atoms with Crippen molar-refractivity contribution in [3.05, 3.63) is 24.3 Å². The van der Waals surface area contributed by atoms with Crippen molar-refractivity contribution >= 4 is 5.69 Å².